The quantitative estimate of drug-likeness (QED) is 0.616. The molecule has 13 heavy (non-hydrogen) atoms. The van der Waals surface area contributed by atoms with Crippen LogP contribution in [-0.4, -0.2) is 48.7 Å². The summed E-state index contributed by atoms with van der Waals surface area (Å²) in [5.74, 6) is 0. The topological polar surface area (TPSA) is 59.0 Å². The maximum Gasteiger partial charge on any atom is 0.412 e. The monoisotopic (exact) mass is 187 g/mol. The highest BCUT2D eigenvalue weighted by atomic mass is 16.6. The average Bonchev–Trinajstić information content (AvgIpc) is 2.15. The first-order chi connectivity index (χ1) is 6.25. The van der Waals surface area contributed by atoms with Crippen molar-refractivity contribution >= 4 is 6.09 Å². The minimum absolute atomic E-state index is 0.142. The molecule has 1 atom stereocenters. The molecule has 1 heterocycles. The molecular formula is C8H13NO4. The van der Waals surface area contributed by atoms with Crippen LogP contribution in [0.2, 0.25) is 0 Å². The van der Waals surface area contributed by atoms with Gasteiger partial charge in [0.2, 0.25) is 0 Å². The van der Waals surface area contributed by atoms with Gasteiger partial charge in [0.1, 0.15) is 6.61 Å². The normalized spacial score (nSPS) is 22.5. The Morgan fingerprint density at radius 3 is 3.23 bits per heavy atom. The highest BCUT2D eigenvalue weighted by Gasteiger charge is 2.25. The minimum Gasteiger partial charge on any atom is -0.445 e. The van der Waals surface area contributed by atoms with E-state index in [-0.39, 0.29) is 13.2 Å². The third-order valence-corrected chi connectivity index (χ3v) is 1.66. The number of aliphatic hydroxyl groups is 1. The second kappa shape index (κ2) is 4.84. The van der Waals surface area contributed by atoms with Crippen molar-refractivity contribution < 1.29 is 19.4 Å². The van der Waals surface area contributed by atoms with Crippen LogP contribution in [0.4, 0.5) is 4.79 Å². The van der Waals surface area contributed by atoms with Gasteiger partial charge in [-0.15, -0.1) is 0 Å². The van der Waals surface area contributed by atoms with Crippen molar-refractivity contribution in [1.29, 1.82) is 0 Å². The SMILES string of the molecule is C=CCOC(=O)N1CCOCC1O. The van der Waals surface area contributed by atoms with E-state index in [9.17, 15) is 9.90 Å². The van der Waals surface area contributed by atoms with E-state index >= 15 is 0 Å². The number of rotatable bonds is 2. The van der Waals surface area contributed by atoms with Crippen LogP contribution in [0, 0.1) is 0 Å². The third kappa shape index (κ3) is 2.71. The molecule has 0 aromatic rings. The molecule has 1 saturated heterocycles. The first-order valence-electron chi connectivity index (χ1n) is 4.06. The first kappa shape index (κ1) is 10.0. The predicted octanol–water partition coefficient (Wildman–Crippen LogP) is -0.0404. The summed E-state index contributed by atoms with van der Waals surface area (Å²) >= 11 is 0. The summed E-state index contributed by atoms with van der Waals surface area (Å²) in [6.45, 7) is 4.50. The molecule has 0 bridgehead atoms. The first-order valence-corrected chi connectivity index (χ1v) is 4.06. The lowest BCUT2D eigenvalue weighted by molar-refractivity contribution is -0.0941. The fraction of sp³-hybridized carbons (Fsp3) is 0.625. The van der Waals surface area contributed by atoms with Gasteiger partial charge in [0.05, 0.1) is 19.8 Å². The van der Waals surface area contributed by atoms with Gasteiger partial charge >= 0.3 is 6.09 Å². The molecule has 0 saturated carbocycles. The maximum atomic E-state index is 11.2. The molecule has 5 nitrogen and oxygen atoms in total. The summed E-state index contributed by atoms with van der Waals surface area (Å²) in [7, 11) is 0. The number of hydrogen-bond donors (Lipinski definition) is 1. The number of carbonyl (C=O) groups is 1. The van der Waals surface area contributed by atoms with Gasteiger partial charge in [0.25, 0.3) is 0 Å². The van der Waals surface area contributed by atoms with Gasteiger partial charge in [0, 0.05) is 0 Å². The molecule has 0 radical (unpaired) electrons. The van der Waals surface area contributed by atoms with Crippen molar-refractivity contribution in [3.05, 3.63) is 12.7 Å². The zero-order chi connectivity index (χ0) is 9.68. The van der Waals surface area contributed by atoms with E-state index in [1.54, 1.807) is 0 Å². The van der Waals surface area contributed by atoms with Crippen LogP contribution in [-0.2, 0) is 9.47 Å². The minimum atomic E-state index is -0.897. The molecule has 5 heteroatoms. The van der Waals surface area contributed by atoms with Crippen LogP contribution in [0.3, 0.4) is 0 Å². The van der Waals surface area contributed by atoms with Gasteiger partial charge in [-0.1, -0.05) is 12.7 Å². The largest absolute Gasteiger partial charge is 0.445 e. The fourth-order valence-electron chi connectivity index (χ4n) is 1.02. The summed E-state index contributed by atoms with van der Waals surface area (Å²) in [6.07, 6.45) is 0.0480. The molecule has 74 valence electrons. The van der Waals surface area contributed by atoms with Crippen LogP contribution in [0.15, 0.2) is 12.7 Å². The van der Waals surface area contributed by atoms with Crippen molar-refractivity contribution in [2.45, 2.75) is 6.23 Å². The van der Waals surface area contributed by atoms with Crippen LogP contribution < -0.4 is 0 Å². The third-order valence-electron chi connectivity index (χ3n) is 1.66. The Bertz CT molecular complexity index is 195. The van der Waals surface area contributed by atoms with Crippen LogP contribution in [0.25, 0.3) is 0 Å². The number of carbonyl (C=O) groups excluding carboxylic acids is 1. The highest BCUT2D eigenvalue weighted by molar-refractivity contribution is 5.68. The second-order valence-corrected chi connectivity index (χ2v) is 2.61. The maximum absolute atomic E-state index is 11.2. The van der Waals surface area contributed by atoms with Gasteiger partial charge in [-0.3, -0.25) is 4.90 Å². The molecule has 0 aliphatic carbocycles. The van der Waals surface area contributed by atoms with E-state index in [1.165, 1.54) is 11.0 Å². The summed E-state index contributed by atoms with van der Waals surface area (Å²) < 4.78 is 9.70. The van der Waals surface area contributed by atoms with Crippen molar-refractivity contribution in [2.24, 2.45) is 0 Å². The van der Waals surface area contributed by atoms with E-state index in [0.29, 0.717) is 13.2 Å². The number of morpholine rings is 1. The lowest BCUT2D eigenvalue weighted by Gasteiger charge is -2.30. The molecule has 1 rings (SSSR count). The van der Waals surface area contributed by atoms with E-state index < -0.39 is 12.3 Å². The Morgan fingerprint density at radius 1 is 1.85 bits per heavy atom. The molecule has 1 aliphatic heterocycles. The predicted molar refractivity (Wildman–Crippen MR) is 45.1 cm³/mol. The zero-order valence-electron chi connectivity index (χ0n) is 7.31. The number of amides is 1. The molecule has 0 aromatic carbocycles. The Morgan fingerprint density at radius 2 is 2.62 bits per heavy atom. The molecule has 1 fully saturated rings. The lowest BCUT2D eigenvalue weighted by Crippen LogP contribution is -2.48. The Kier molecular flexibility index (Phi) is 3.72. The van der Waals surface area contributed by atoms with Crippen molar-refractivity contribution in [3.63, 3.8) is 0 Å². The molecule has 0 aromatic heterocycles. The van der Waals surface area contributed by atoms with E-state index in [1.807, 2.05) is 0 Å². The summed E-state index contributed by atoms with van der Waals surface area (Å²) in [5.41, 5.74) is 0. The Hall–Kier alpha value is -1.07. The molecule has 0 spiro atoms. The van der Waals surface area contributed by atoms with Gasteiger partial charge in [-0.25, -0.2) is 4.79 Å². The van der Waals surface area contributed by atoms with Gasteiger partial charge in [-0.05, 0) is 0 Å². The van der Waals surface area contributed by atoms with Crippen LogP contribution >= 0.6 is 0 Å². The van der Waals surface area contributed by atoms with Gasteiger partial charge in [0.15, 0.2) is 6.23 Å². The Labute approximate surface area is 76.5 Å². The van der Waals surface area contributed by atoms with E-state index in [0.717, 1.165) is 0 Å². The average molecular weight is 187 g/mol. The lowest BCUT2D eigenvalue weighted by atomic mass is 10.4. The number of nitrogens with zero attached hydrogens (tertiary/aromatic N) is 1. The summed E-state index contributed by atoms with van der Waals surface area (Å²) in [6, 6.07) is 0. The molecular weight excluding hydrogens is 174 g/mol. The molecule has 1 unspecified atom stereocenters. The molecule has 1 amide bonds. The second-order valence-electron chi connectivity index (χ2n) is 2.61. The van der Waals surface area contributed by atoms with E-state index in [2.05, 4.69) is 6.58 Å². The standard InChI is InChI=1S/C8H13NO4/c1-2-4-13-8(11)9-3-5-12-6-7(9)10/h2,7,10H,1,3-6H2. The summed E-state index contributed by atoms with van der Waals surface area (Å²) in [4.78, 5) is 12.4. The van der Waals surface area contributed by atoms with Crippen LogP contribution in [0.1, 0.15) is 0 Å². The number of hydrogen-bond acceptors (Lipinski definition) is 4. The number of ether oxygens (including phenoxy) is 2. The fourth-order valence-corrected chi connectivity index (χ4v) is 1.02. The van der Waals surface area contributed by atoms with E-state index in [4.69, 9.17) is 9.47 Å². The zero-order valence-corrected chi connectivity index (χ0v) is 7.31. The number of aliphatic hydroxyl groups excluding tert-OH is 1. The van der Waals surface area contributed by atoms with Crippen LogP contribution in [0.5, 0.6) is 0 Å². The summed E-state index contributed by atoms with van der Waals surface area (Å²) in [5, 5.41) is 9.31. The Balaban J connectivity index is 2.39. The highest BCUT2D eigenvalue weighted by Crippen LogP contribution is 2.05. The molecule has 1 aliphatic rings. The van der Waals surface area contributed by atoms with Crippen molar-refractivity contribution in [3.8, 4) is 0 Å². The smallest absolute Gasteiger partial charge is 0.412 e. The van der Waals surface area contributed by atoms with Crippen molar-refractivity contribution in [1.82, 2.24) is 4.90 Å². The van der Waals surface area contributed by atoms with Gasteiger partial charge < -0.3 is 14.6 Å². The van der Waals surface area contributed by atoms with Crippen molar-refractivity contribution in [2.75, 3.05) is 26.4 Å². The molecule has 1 N–H and O–H groups in total. The van der Waals surface area contributed by atoms with Gasteiger partial charge in [-0.2, -0.15) is 0 Å².